The fraction of sp³-hybridized carbons (Fsp3) is 0.333. The predicted octanol–water partition coefficient (Wildman–Crippen LogP) is 3.81. The number of nitrogens with zero attached hydrogens (tertiary/aromatic N) is 1. The number of likely N-dealkylation sites (tertiary alicyclic amines) is 1. The molecule has 0 bridgehead atoms. The van der Waals surface area contributed by atoms with Gasteiger partial charge in [-0.3, -0.25) is 9.59 Å². The van der Waals surface area contributed by atoms with Crippen molar-refractivity contribution in [3.63, 3.8) is 0 Å². The maximum Gasteiger partial charge on any atom is 0.261 e. The molecule has 1 aromatic carbocycles. The molecular formula is C18H19ClN2O2S. The summed E-state index contributed by atoms with van der Waals surface area (Å²) in [4.78, 5) is 27.3. The van der Waals surface area contributed by atoms with E-state index in [-0.39, 0.29) is 11.8 Å². The Morgan fingerprint density at radius 2 is 2.00 bits per heavy atom. The second-order valence-electron chi connectivity index (χ2n) is 5.76. The molecule has 2 aromatic rings. The molecule has 6 heteroatoms. The monoisotopic (exact) mass is 362 g/mol. The van der Waals surface area contributed by atoms with Crippen LogP contribution in [0.1, 0.15) is 28.9 Å². The van der Waals surface area contributed by atoms with Crippen LogP contribution in [-0.4, -0.2) is 36.3 Å². The van der Waals surface area contributed by atoms with Gasteiger partial charge in [-0.25, -0.2) is 0 Å². The third kappa shape index (κ3) is 4.16. The van der Waals surface area contributed by atoms with Gasteiger partial charge in [0.15, 0.2) is 0 Å². The van der Waals surface area contributed by atoms with E-state index in [1.165, 1.54) is 11.3 Å². The van der Waals surface area contributed by atoms with Crippen molar-refractivity contribution >= 4 is 34.8 Å². The van der Waals surface area contributed by atoms with Crippen molar-refractivity contribution in [2.45, 2.75) is 19.3 Å². The molecule has 1 aromatic heterocycles. The molecule has 24 heavy (non-hydrogen) atoms. The summed E-state index contributed by atoms with van der Waals surface area (Å²) in [6.07, 6.45) is 2.40. The van der Waals surface area contributed by atoms with Crippen LogP contribution < -0.4 is 5.32 Å². The van der Waals surface area contributed by atoms with Crippen LogP contribution in [0, 0.1) is 0 Å². The summed E-state index contributed by atoms with van der Waals surface area (Å²) in [7, 11) is 0. The molecule has 0 radical (unpaired) electrons. The molecule has 2 amide bonds. The molecule has 3 rings (SSSR count). The molecule has 1 N–H and O–H groups in total. The van der Waals surface area contributed by atoms with E-state index in [4.69, 9.17) is 11.6 Å². The number of benzene rings is 1. The Bertz CT molecular complexity index is 727. The lowest BCUT2D eigenvalue weighted by Gasteiger charge is -2.15. The molecule has 0 unspecified atom stereocenters. The van der Waals surface area contributed by atoms with Gasteiger partial charge in [0.05, 0.1) is 4.88 Å². The standard InChI is InChI=1S/C18H19ClN2O2S/c19-14-6-4-13(5-7-14)15-8-9-16(24-15)18(23)20-10-2-12-21-11-1-3-17(21)22/h4-9H,1-3,10-12H2,(H,20,23). The normalized spacial score (nSPS) is 14.2. The zero-order valence-electron chi connectivity index (χ0n) is 13.3. The Morgan fingerprint density at radius 1 is 1.21 bits per heavy atom. The summed E-state index contributed by atoms with van der Waals surface area (Å²) in [5.41, 5.74) is 1.05. The largest absolute Gasteiger partial charge is 0.351 e. The number of halogens is 1. The van der Waals surface area contributed by atoms with Gasteiger partial charge in [0.25, 0.3) is 5.91 Å². The first-order valence-corrected chi connectivity index (χ1v) is 9.25. The number of carbonyl (C=O) groups excluding carboxylic acids is 2. The molecule has 1 aliphatic rings. The second-order valence-corrected chi connectivity index (χ2v) is 7.28. The molecule has 1 saturated heterocycles. The highest BCUT2D eigenvalue weighted by Gasteiger charge is 2.19. The number of nitrogens with one attached hydrogen (secondary N) is 1. The van der Waals surface area contributed by atoms with Crippen molar-refractivity contribution in [2.24, 2.45) is 0 Å². The molecule has 0 spiro atoms. The smallest absolute Gasteiger partial charge is 0.261 e. The molecule has 0 atom stereocenters. The van der Waals surface area contributed by atoms with Gasteiger partial charge in [-0.1, -0.05) is 23.7 Å². The minimum atomic E-state index is -0.0621. The van der Waals surface area contributed by atoms with Crippen LogP contribution in [0.15, 0.2) is 36.4 Å². The molecule has 126 valence electrons. The van der Waals surface area contributed by atoms with Gasteiger partial charge in [0, 0.05) is 36.0 Å². The van der Waals surface area contributed by atoms with Crippen molar-refractivity contribution in [2.75, 3.05) is 19.6 Å². The fourth-order valence-corrected chi connectivity index (χ4v) is 3.78. The number of thiophene rings is 1. The fourth-order valence-electron chi connectivity index (χ4n) is 2.73. The van der Waals surface area contributed by atoms with Crippen molar-refractivity contribution < 1.29 is 9.59 Å². The van der Waals surface area contributed by atoms with Crippen molar-refractivity contribution in [3.8, 4) is 10.4 Å². The molecule has 1 aliphatic heterocycles. The minimum absolute atomic E-state index is 0.0621. The number of carbonyl (C=O) groups is 2. The van der Waals surface area contributed by atoms with E-state index < -0.39 is 0 Å². The predicted molar refractivity (Wildman–Crippen MR) is 97.5 cm³/mol. The van der Waals surface area contributed by atoms with E-state index in [0.717, 1.165) is 36.4 Å². The van der Waals surface area contributed by atoms with Gasteiger partial charge >= 0.3 is 0 Å². The van der Waals surface area contributed by atoms with Crippen LogP contribution in [0.4, 0.5) is 0 Å². The number of hydrogen-bond acceptors (Lipinski definition) is 3. The van der Waals surface area contributed by atoms with Crippen LogP contribution in [0.2, 0.25) is 5.02 Å². The topological polar surface area (TPSA) is 49.4 Å². The highest BCUT2D eigenvalue weighted by molar-refractivity contribution is 7.17. The average molecular weight is 363 g/mol. The molecule has 2 heterocycles. The van der Waals surface area contributed by atoms with E-state index in [0.29, 0.717) is 22.9 Å². The van der Waals surface area contributed by atoms with Crippen LogP contribution in [-0.2, 0) is 4.79 Å². The van der Waals surface area contributed by atoms with Gasteiger partial charge in [-0.05, 0) is 42.7 Å². The molecule has 0 saturated carbocycles. The van der Waals surface area contributed by atoms with E-state index in [1.54, 1.807) is 0 Å². The van der Waals surface area contributed by atoms with Crippen LogP contribution in [0.5, 0.6) is 0 Å². The Kier molecular flexibility index (Phi) is 5.53. The van der Waals surface area contributed by atoms with Crippen LogP contribution >= 0.6 is 22.9 Å². The Hall–Kier alpha value is -1.85. The lowest BCUT2D eigenvalue weighted by atomic mass is 10.2. The first-order valence-electron chi connectivity index (χ1n) is 8.05. The van der Waals surface area contributed by atoms with Gasteiger partial charge in [-0.15, -0.1) is 11.3 Å². The van der Waals surface area contributed by atoms with E-state index in [1.807, 2.05) is 41.3 Å². The first-order chi connectivity index (χ1) is 11.6. The van der Waals surface area contributed by atoms with Crippen LogP contribution in [0.3, 0.4) is 0 Å². The van der Waals surface area contributed by atoms with E-state index in [2.05, 4.69) is 5.32 Å². The number of amides is 2. The number of rotatable bonds is 6. The maximum atomic E-state index is 12.2. The second kappa shape index (κ2) is 7.81. The molecule has 0 aliphatic carbocycles. The summed E-state index contributed by atoms with van der Waals surface area (Å²) in [5, 5.41) is 3.62. The summed E-state index contributed by atoms with van der Waals surface area (Å²) in [6, 6.07) is 11.4. The zero-order chi connectivity index (χ0) is 16.9. The highest BCUT2D eigenvalue weighted by Crippen LogP contribution is 2.28. The number of hydrogen-bond donors (Lipinski definition) is 1. The van der Waals surface area contributed by atoms with Gasteiger partial charge in [-0.2, -0.15) is 0 Å². The lowest BCUT2D eigenvalue weighted by Crippen LogP contribution is -2.30. The summed E-state index contributed by atoms with van der Waals surface area (Å²) in [6.45, 7) is 2.15. The van der Waals surface area contributed by atoms with Gasteiger partial charge in [0.1, 0.15) is 0 Å². The van der Waals surface area contributed by atoms with Gasteiger partial charge in [0.2, 0.25) is 5.91 Å². The zero-order valence-corrected chi connectivity index (χ0v) is 14.8. The Balaban J connectivity index is 1.48. The summed E-state index contributed by atoms with van der Waals surface area (Å²) in [5.74, 6) is 0.167. The molecule has 1 fully saturated rings. The van der Waals surface area contributed by atoms with Crippen molar-refractivity contribution in [1.82, 2.24) is 10.2 Å². The third-order valence-electron chi connectivity index (χ3n) is 4.02. The molecular weight excluding hydrogens is 344 g/mol. The summed E-state index contributed by atoms with van der Waals surface area (Å²) < 4.78 is 0. The average Bonchev–Trinajstić information content (AvgIpc) is 3.22. The lowest BCUT2D eigenvalue weighted by molar-refractivity contribution is -0.127. The Morgan fingerprint density at radius 3 is 2.71 bits per heavy atom. The first kappa shape index (κ1) is 17.0. The SMILES string of the molecule is O=C(NCCCN1CCCC1=O)c1ccc(-c2ccc(Cl)cc2)s1. The van der Waals surface area contributed by atoms with Crippen molar-refractivity contribution in [3.05, 3.63) is 46.3 Å². The summed E-state index contributed by atoms with van der Waals surface area (Å²) >= 11 is 7.36. The van der Waals surface area contributed by atoms with Crippen LogP contribution in [0.25, 0.3) is 10.4 Å². The maximum absolute atomic E-state index is 12.2. The molecule has 4 nitrogen and oxygen atoms in total. The van der Waals surface area contributed by atoms with Crippen molar-refractivity contribution in [1.29, 1.82) is 0 Å². The Labute approximate surface area is 150 Å². The quantitative estimate of drug-likeness (QED) is 0.794. The minimum Gasteiger partial charge on any atom is -0.351 e. The van der Waals surface area contributed by atoms with E-state index in [9.17, 15) is 9.59 Å². The van der Waals surface area contributed by atoms with Gasteiger partial charge < -0.3 is 10.2 Å². The van der Waals surface area contributed by atoms with E-state index >= 15 is 0 Å². The highest BCUT2D eigenvalue weighted by atomic mass is 35.5. The third-order valence-corrected chi connectivity index (χ3v) is 5.41.